The number of hydrogen-bond donors (Lipinski definition) is 1. The minimum atomic E-state index is -0.592. The van der Waals surface area contributed by atoms with Gasteiger partial charge in [0.15, 0.2) is 0 Å². The van der Waals surface area contributed by atoms with Crippen LogP contribution in [0.15, 0.2) is 73.3 Å². The summed E-state index contributed by atoms with van der Waals surface area (Å²) in [5.41, 5.74) is 0.842. The molecule has 2 amide bonds. The van der Waals surface area contributed by atoms with Gasteiger partial charge in [0.05, 0.1) is 12.7 Å². The number of pyridine rings is 2. The van der Waals surface area contributed by atoms with Gasteiger partial charge >= 0.3 is 6.09 Å². The Hall–Kier alpha value is -3.94. The molecule has 0 fully saturated rings. The Balaban J connectivity index is 1.49. The molecule has 0 saturated heterocycles. The van der Waals surface area contributed by atoms with E-state index in [1.54, 1.807) is 60.0 Å². The van der Waals surface area contributed by atoms with E-state index < -0.39 is 11.7 Å². The topological polar surface area (TPSA) is 93.7 Å². The predicted octanol–water partition coefficient (Wildman–Crippen LogP) is 4.83. The van der Waals surface area contributed by atoms with Gasteiger partial charge in [-0.25, -0.2) is 4.79 Å². The highest BCUT2D eigenvalue weighted by Crippen LogP contribution is 2.20. The molecule has 2 heterocycles. The molecule has 0 saturated carbocycles. The normalized spacial score (nSPS) is 10.9. The maximum atomic E-state index is 12.7. The summed E-state index contributed by atoms with van der Waals surface area (Å²) in [6.45, 7) is 6.73. The smallest absolute Gasteiger partial charge is 0.410 e. The zero-order chi connectivity index (χ0) is 24.4. The van der Waals surface area contributed by atoms with Crippen molar-refractivity contribution < 1.29 is 19.1 Å². The highest BCUT2D eigenvalue weighted by molar-refractivity contribution is 5.94. The summed E-state index contributed by atoms with van der Waals surface area (Å²) in [4.78, 5) is 34.9. The summed E-state index contributed by atoms with van der Waals surface area (Å²) in [6.07, 6.45) is 6.89. The highest BCUT2D eigenvalue weighted by atomic mass is 16.6. The number of nitrogens with one attached hydrogen (secondary N) is 1. The van der Waals surface area contributed by atoms with E-state index in [0.717, 1.165) is 5.56 Å². The first-order chi connectivity index (χ1) is 16.3. The van der Waals surface area contributed by atoms with Crippen molar-refractivity contribution in [2.45, 2.75) is 39.3 Å². The lowest BCUT2D eigenvalue weighted by molar-refractivity contribution is 0.0232. The molecule has 0 unspecified atom stereocenters. The number of amides is 2. The van der Waals surface area contributed by atoms with Crippen molar-refractivity contribution in [3.05, 3.63) is 84.4 Å². The Bertz CT molecular complexity index is 1050. The number of carbonyl (C=O) groups is 2. The predicted molar refractivity (Wildman–Crippen MR) is 129 cm³/mol. The van der Waals surface area contributed by atoms with Gasteiger partial charge in [-0.1, -0.05) is 6.07 Å². The Morgan fingerprint density at radius 3 is 2.26 bits per heavy atom. The lowest BCUT2D eigenvalue weighted by atomic mass is 10.2. The van der Waals surface area contributed by atoms with E-state index in [1.807, 2.05) is 39.0 Å². The summed E-state index contributed by atoms with van der Waals surface area (Å²) < 4.78 is 11.2. The second-order valence-electron chi connectivity index (χ2n) is 8.69. The molecule has 1 aromatic carbocycles. The van der Waals surface area contributed by atoms with Crippen LogP contribution in [0.2, 0.25) is 0 Å². The Morgan fingerprint density at radius 1 is 0.941 bits per heavy atom. The van der Waals surface area contributed by atoms with E-state index in [1.165, 1.54) is 0 Å². The van der Waals surface area contributed by atoms with Crippen LogP contribution in [0.4, 0.5) is 4.79 Å². The Kier molecular flexibility index (Phi) is 8.56. The average molecular weight is 463 g/mol. The van der Waals surface area contributed by atoms with Crippen LogP contribution in [0.25, 0.3) is 0 Å². The van der Waals surface area contributed by atoms with Gasteiger partial charge in [-0.2, -0.15) is 0 Å². The minimum absolute atomic E-state index is 0.191. The molecule has 0 radical (unpaired) electrons. The third kappa shape index (κ3) is 8.20. The molecule has 0 spiro atoms. The number of ether oxygens (including phenoxy) is 2. The van der Waals surface area contributed by atoms with Crippen molar-refractivity contribution in [3.63, 3.8) is 0 Å². The van der Waals surface area contributed by atoms with Gasteiger partial charge in [-0.3, -0.25) is 14.8 Å². The fraction of sp³-hybridized carbons (Fsp3) is 0.308. The molecule has 178 valence electrons. The first-order valence-corrected chi connectivity index (χ1v) is 11.1. The van der Waals surface area contributed by atoms with Gasteiger partial charge in [-0.15, -0.1) is 0 Å². The summed E-state index contributed by atoms with van der Waals surface area (Å²) >= 11 is 0. The van der Waals surface area contributed by atoms with E-state index in [0.29, 0.717) is 43.1 Å². The fourth-order valence-corrected chi connectivity index (χ4v) is 3.07. The number of aromatic nitrogens is 2. The second kappa shape index (κ2) is 11.8. The van der Waals surface area contributed by atoms with E-state index in [-0.39, 0.29) is 5.91 Å². The quantitative estimate of drug-likeness (QED) is 0.458. The zero-order valence-corrected chi connectivity index (χ0v) is 19.7. The van der Waals surface area contributed by atoms with E-state index >= 15 is 0 Å². The molecule has 0 bridgehead atoms. The molecule has 3 rings (SSSR count). The molecule has 0 aliphatic rings. The summed E-state index contributed by atoms with van der Waals surface area (Å²) in [6, 6.07) is 14.2. The Labute approximate surface area is 199 Å². The molecule has 0 aliphatic heterocycles. The van der Waals surface area contributed by atoms with Crippen LogP contribution in [0.5, 0.6) is 11.5 Å². The van der Waals surface area contributed by atoms with Crippen molar-refractivity contribution in [2.24, 2.45) is 0 Å². The monoisotopic (exact) mass is 462 g/mol. The average Bonchev–Trinajstić information content (AvgIpc) is 2.81. The largest absolute Gasteiger partial charge is 0.456 e. The number of nitrogens with zero attached hydrogens (tertiary/aromatic N) is 3. The number of rotatable bonds is 9. The standard InChI is InChI=1S/C26H30N4O4/c1-26(2,3)34-25(32)30(19-20-7-4-13-27-17-20)16-6-15-29-24(31)21-9-11-22(12-10-21)33-23-8-5-14-28-18-23/h4-5,7-14,17-18H,6,15-16,19H2,1-3H3,(H,29,31). The maximum Gasteiger partial charge on any atom is 0.410 e. The third-order valence-electron chi connectivity index (χ3n) is 4.62. The molecule has 0 atom stereocenters. The number of hydrogen-bond acceptors (Lipinski definition) is 6. The minimum Gasteiger partial charge on any atom is -0.456 e. The lowest BCUT2D eigenvalue weighted by Crippen LogP contribution is -2.38. The van der Waals surface area contributed by atoms with Gasteiger partial charge in [-0.05, 0) is 75.2 Å². The first-order valence-electron chi connectivity index (χ1n) is 11.1. The number of carbonyl (C=O) groups excluding carboxylic acids is 2. The molecule has 3 aromatic rings. The first kappa shape index (κ1) is 24.7. The highest BCUT2D eigenvalue weighted by Gasteiger charge is 2.22. The van der Waals surface area contributed by atoms with Gasteiger partial charge in [0.2, 0.25) is 0 Å². The van der Waals surface area contributed by atoms with E-state index in [4.69, 9.17) is 9.47 Å². The number of benzene rings is 1. The van der Waals surface area contributed by atoms with Crippen LogP contribution < -0.4 is 10.1 Å². The fourth-order valence-electron chi connectivity index (χ4n) is 3.07. The van der Waals surface area contributed by atoms with Crippen LogP contribution in [-0.4, -0.2) is 45.6 Å². The van der Waals surface area contributed by atoms with Crippen LogP contribution in [0, 0.1) is 0 Å². The van der Waals surface area contributed by atoms with Gasteiger partial charge in [0.1, 0.15) is 17.1 Å². The molecule has 0 aliphatic carbocycles. The second-order valence-corrected chi connectivity index (χ2v) is 8.69. The van der Waals surface area contributed by atoms with Crippen LogP contribution >= 0.6 is 0 Å². The van der Waals surface area contributed by atoms with Crippen LogP contribution in [-0.2, 0) is 11.3 Å². The molecular formula is C26H30N4O4. The van der Waals surface area contributed by atoms with Crippen LogP contribution in [0.3, 0.4) is 0 Å². The van der Waals surface area contributed by atoms with Crippen molar-refractivity contribution in [2.75, 3.05) is 13.1 Å². The van der Waals surface area contributed by atoms with Crippen molar-refractivity contribution in [3.8, 4) is 11.5 Å². The van der Waals surface area contributed by atoms with Crippen molar-refractivity contribution in [1.29, 1.82) is 0 Å². The third-order valence-corrected chi connectivity index (χ3v) is 4.62. The van der Waals surface area contributed by atoms with Gasteiger partial charge in [0.25, 0.3) is 5.91 Å². The van der Waals surface area contributed by atoms with E-state index in [9.17, 15) is 9.59 Å². The summed E-state index contributed by atoms with van der Waals surface area (Å²) in [5, 5.41) is 2.89. The SMILES string of the molecule is CC(C)(C)OC(=O)N(CCCNC(=O)c1ccc(Oc2cccnc2)cc1)Cc1cccnc1. The van der Waals surface area contributed by atoms with Gasteiger partial charge < -0.3 is 19.7 Å². The maximum absolute atomic E-state index is 12.7. The molecule has 1 N–H and O–H groups in total. The molecular weight excluding hydrogens is 432 g/mol. The zero-order valence-electron chi connectivity index (χ0n) is 19.7. The lowest BCUT2D eigenvalue weighted by Gasteiger charge is -2.27. The van der Waals surface area contributed by atoms with Crippen molar-refractivity contribution in [1.82, 2.24) is 20.2 Å². The molecule has 8 nitrogen and oxygen atoms in total. The summed E-state index contributed by atoms with van der Waals surface area (Å²) in [7, 11) is 0. The van der Waals surface area contributed by atoms with Crippen LogP contribution in [0.1, 0.15) is 43.1 Å². The molecule has 2 aromatic heterocycles. The van der Waals surface area contributed by atoms with Crippen molar-refractivity contribution >= 4 is 12.0 Å². The van der Waals surface area contributed by atoms with E-state index in [2.05, 4.69) is 15.3 Å². The summed E-state index contributed by atoms with van der Waals surface area (Å²) in [5.74, 6) is 1.05. The Morgan fingerprint density at radius 2 is 1.65 bits per heavy atom. The van der Waals surface area contributed by atoms with Gasteiger partial charge in [0, 0.05) is 37.2 Å². The molecule has 8 heteroatoms. The molecule has 34 heavy (non-hydrogen) atoms.